The summed E-state index contributed by atoms with van der Waals surface area (Å²) in [6, 6.07) is 3.84. The largest absolute Gasteiger partial charge is 0.316 e. The fourth-order valence-corrected chi connectivity index (χ4v) is 3.91. The van der Waals surface area contributed by atoms with Gasteiger partial charge in [0.15, 0.2) is 0 Å². The summed E-state index contributed by atoms with van der Waals surface area (Å²) in [6.07, 6.45) is 1.69. The fourth-order valence-electron chi connectivity index (χ4n) is 2.40. The maximum absolute atomic E-state index is 13.3. The average Bonchev–Trinajstić information content (AvgIpc) is 2.29. The first-order valence-electron chi connectivity index (χ1n) is 6.37. The summed E-state index contributed by atoms with van der Waals surface area (Å²) in [6.45, 7) is 2.47. The molecule has 4 nitrogen and oxygen atoms in total. The van der Waals surface area contributed by atoms with Gasteiger partial charge in [0, 0.05) is 12.6 Å². The van der Waals surface area contributed by atoms with E-state index in [-0.39, 0.29) is 10.9 Å². The van der Waals surface area contributed by atoms with Gasteiger partial charge in [0.2, 0.25) is 10.0 Å². The zero-order valence-corrected chi connectivity index (χ0v) is 11.9. The van der Waals surface area contributed by atoms with Crippen LogP contribution in [0.3, 0.4) is 0 Å². The molecule has 1 aliphatic carbocycles. The van der Waals surface area contributed by atoms with Crippen molar-refractivity contribution in [2.75, 3.05) is 7.05 Å². The van der Waals surface area contributed by atoms with Crippen LogP contribution < -0.4 is 10.0 Å². The van der Waals surface area contributed by atoms with Crippen LogP contribution in [0.5, 0.6) is 0 Å². The van der Waals surface area contributed by atoms with Gasteiger partial charge in [-0.1, -0.05) is 13.0 Å². The van der Waals surface area contributed by atoms with Gasteiger partial charge >= 0.3 is 0 Å². The second kappa shape index (κ2) is 5.56. The summed E-state index contributed by atoms with van der Waals surface area (Å²) < 4.78 is 40.5. The van der Waals surface area contributed by atoms with Crippen molar-refractivity contribution in [2.45, 2.75) is 37.2 Å². The molecular weight excluding hydrogens is 267 g/mol. The second-order valence-electron chi connectivity index (χ2n) is 5.18. The Morgan fingerprint density at radius 1 is 1.37 bits per heavy atom. The van der Waals surface area contributed by atoms with Crippen molar-refractivity contribution >= 4 is 10.0 Å². The van der Waals surface area contributed by atoms with Crippen molar-refractivity contribution in [2.24, 2.45) is 5.92 Å². The molecule has 19 heavy (non-hydrogen) atoms. The van der Waals surface area contributed by atoms with Crippen LogP contribution in [0, 0.1) is 11.7 Å². The van der Waals surface area contributed by atoms with Crippen LogP contribution in [0.2, 0.25) is 0 Å². The van der Waals surface area contributed by atoms with Gasteiger partial charge in [-0.15, -0.1) is 0 Å². The third kappa shape index (κ3) is 3.32. The lowest BCUT2D eigenvalue weighted by atomic mass is 9.83. The summed E-state index contributed by atoms with van der Waals surface area (Å²) >= 11 is 0. The lowest BCUT2D eigenvalue weighted by molar-refractivity contribution is 0.270. The molecule has 1 saturated carbocycles. The Bertz CT molecular complexity index is 554. The van der Waals surface area contributed by atoms with Crippen LogP contribution in [0.1, 0.15) is 25.3 Å². The highest BCUT2D eigenvalue weighted by Gasteiger charge is 2.30. The molecule has 0 saturated heterocycles. The molecule has 0 unspecified atom stereocenters. The third-order valence-corrected chi connectivity index (χ3v) is 4.98. The summed E-state index contributed by atoms with van der Waals surface area (Å²) in [7, 11) is -1.93. The monoisotopic (exact) mass is 286 g/mol. The van der Waals surface area contributed by atoms with E-state index < -0.39 is 15.8 Å². The molecule has 0 spiro atoms. The van der Waals surface area contributed by atoms with Crippen molar-refractivity contribution in [3.05, 3.63) is 29.6 Å². The maximum Gasteiger partial charge on any atom is 0.241 e. The van der Waals surface area contributed by atoms with Crippen molar-refractivity contribution in [3.63, 3.8) is 0 Å². The van der Waals surface area contributed by atoms with Crippen molar-refractivity contribution in [1.29, 1.82) is 0 Å². The van der Waals surface area contributed by atoms with Gasteiger partial charge in [-0.05, 0) is 43.5 Å². The highest BCUT2D eigenvalue weighted by molar-refractivity contribution is 7.89. The Hall–Kier alpha value is -0.980. The number of hydrogen-bond donors (Lipinski definition) is 2. The molecule has 2 rings (SSSR count). The highest BCUT2D eigenvalue weighted by Crippen LogP contribution is 2.28. The zero-order chi connectivity index (χ0) is 14.0. The van der Waals surface area contributed by atoms with Gasteiger partial charge in [0.25, 0.3) is 0 Å². The van der Waals surface area contributed by atoms with E-state index in [9.17, 15) is 12.8 Å². The topological polar surface area (TPSA) is 58.2 Å². The summed E-state index contributed by atoms with van der Waals surface area (Å²) in [5.41, 5.74) is 0.573. The van der Waals surface area contributed by atoms with Crippen LogP contribution in [0.4, 0.5) is 4.39 Å². The Balaban J connectivity index is 2.25. The predicted octanol–water partition coefficient (Wildman–Crippen LogP) is 1.62. The first kappa shape index (κ1) is 14.4. The molecular formula is C13H19FN2O2S. The Kier molecular flexibility index (Phi) is 4.23. The van der Waals surface area contributed by atoms with Crippen LogP contribution in [-0.2, 0) is 16.6 Å². The molecule has 0 amide bonds. The molecule has 2 N–H and O–H groups in total. The van der Waals surface area contributed by atoms with Crippen molar-refractivity contribution < 1.29 is 12.8 Å². The molecule has 106 valence electrons. The van der Waals surface area contributed by atoms with Crippen LogP contribution in [0.15, 0.2) is 23.1 Å². The Morgan fingerprint density at radius 2 is 2.05 bits per heavy atom. The van der Waals surface area contributed by atoms with E-state index in [4.69, 9.17) is 0 Å². The van der Waals surface area contributed by atoms with E-state index in [1.165, 1.54) is 12.1 Å². The van der Waals surface area contributed by atoms with E-state index >= 15 is 0 Å². The van der Waals surface area contributed by atoms with E-state index in [2.05, 4.69) is 17.0 Å². The van der Waals surface area contributed by atoms with Crippen LogP contribution in [-0.4, -0.2) is 21.5 Å². The number of halogens is 1. The average molecular weight is 286 g/mol. The van der Waals surface area contributed by atoms with Crippen LogP contribution >= 0.6 is 0 Å². The molecule has 1 aromatic rings. The Morgan fingerprint density at radius 3 is 2.63 bits per heavy atom. The number of hydrogen-bond acceptors (Lipinski definition) is 3. The van der Waals surface area contributed by atoms with Gasteiger partial charge in [-0.2, -0.15) is 0 Å². The maximum atomic E-state index is 13.3. The van der Waals surface area contributed by atoms with Gasteiger partial charge < -0.3 is 5.32 Å². The number of nitrogens with one attached hydrogen (secondary N) is 2. The van der Waals surface area contributed by atoms with E-state index in [1.54, 1.807) is 7.05 Å². The lowest BCUT2D eigenvalue weighted by Gasteiger charge is -2.33. The normalized spacial score (nSPS) is 23.1. The Labute approximate surface area is 113 Å². The molecule has 0 radical (unpaired) electrons. The molecule has 0 bridgehead atoms. The van der Waals surface area contributed by atoms with E-state index in [1.807, 2.05) is 0 Å². The summed E-state index contributed by atoms with van der Waals surface area (Å²) in [4.78, 5) is 0.0291. The lowest BCUT2D eigenvalue weighted by Crippen LogP contribution is -2.43. The quantitative estimate of drug-likeness (QED) is 0.865. The van der Waals surface area contributed by atoms with Gasteiger partial charge in [-0.3, -0.25) is 0 Å². The molecule has 1 aliphatic rings. The minimum atomic E-state index is -3.65. The highest BCUT2D eigenvalue weighted by atomic mass is 32.2. The van der Waals surface area contributed by atoms with Gasteiger partial charge in [-0.25, -0.2) is 17.5 Å². The minimum absolute atomic E-state index is 0.0225. The van der Waals surface area contributed by atoms with E-state index in [0.717, 1.165) is 18.9 Å². The standard InChI is InChI=1S/C13H19FN2O2S/c1-9-5-12(6-9)16-19(17,18)13-7-11(14)4-3-10(13)8-15-2/h3-4,7,9,12,15-16H,5-6,8H2,1-2H3. The van der Waals surface area contributed by atoms with E-state index in [0.29, 0.717) is 18.0 Å². The SMILES string of the molecule is CNCc1ccc(F)cc1S(=O)(=O)NC1CC(C)C1. The molecule has 0 heterocycles. The molecule has 1 fully saturated rings. The van der Waals surface area contributed by atoms with Crippen molar-refractivity contribution in [1.82, 2.24) is 10.0 Å². The van der Waals surface area contributed by atoms with Crippen molar-refractivity contribution in [3.8, 4) is 0 Å². The van der Waals surface area contributed by atoms with Gasteiger partial charge in [0.05, 0.1) is 4.90 Å². The number of sulfonamides is 1. The number of rotatable bonds is 5. The first-order chi connectivity index (χ1) is 8.92. The number of benzene rings is 1. The smallest absolute Gasteiger partial charge is 0.241 e. The van der Waals surface area contributed by atoms with Crippen LogP contribution in [0.25, 0.3) is 0 Å². The second-order valence-corrected chi connectivity index (χ2v) is 6.86. The predicted molar refractivity (Wildman–Crippen MR) is 71.7 cm³/mol. The molecule has 6 heteroatoms. The molecule has 1 aromatic carbocycles. The molecule has 0 atom stereocenters. The molecule has 0 aromatic heterocycles. The minimum Gasteiger partial charge on any atom is -0.316 e. The molecule has 0 aliphatic heterocycles. The zero-order valence-electron chi connectivity index (χ0n) is 11.1. The fraction of sp³-hybridized carbons (Fsp3) is 0.538. The van der Waals surface area contributed by atoms with Gasteiger partial charge in [0.1, 0.15) is 5.82 Å². The summed E-state index contributed by atoms with van der Waals surface area (Å²) in [5.74, 6) is 0.0131. The third-order valence-electron chi connectivity index (χ3n) is 3.38. The first-order valence-corrected chi connectivity index (χ1v) is 7.86. The summed E-state index contributed by atoms with van der Waals surface area (Å²) in [5, 5.41) is 2.89.